The Morgan fingerprint density at radius 3 is 2.28 bits per heavy atom. The van der Waals surface area contributed by atoms with Gasteiger partial charge < -0.3 is 0 Å². The van der Waals surface area contributed by atoms with Gasteiger partial charge in [-0.3, -0.25) is 0 Å². The molecule has 0 atom stereocenters. The maximum absolute atomic E-state index is 12.5. The van der Waals surface area contributed by atoms with Crippen LogP contribution >= 0.6 is 0 Å². The number of hydrogen-bond donors (Lipinski definition) is 4. The molecule has 0 saturated carbocycles. The van der Waals surface area contributed by atoms with Gasteiger partial charge in [-0.05, 0) is 0 Å². The molecular formula is C21H24IN6O-. The number of imidazole rings is 1. The first-order valence-corrected chi connectivity index (χ1v) is 11.8. The van der Waals surface area contributed by atoms with Crippen LogP contribution in [0.1, 0.15) is 39.8 Å². The van der Waals surface area contributed by atoms with Gasteiger partial charge in [0.2, 0.25) is 0 Å². The summed E-state index contributed by atoms with van der Waals surface area (Å²) in [4.78, 5) is 24.1. The number of benzene rings is 2. The quantitative estimate of drug-likeness (QED) is 0.0747. The van der Waals surface area contributed by atoms with Crippen LogP contribution in [-0.4, -0.2) is 32.8 Å². The van der Waals surface area contributed by atoms with Crippen molar-refractivity contribution in [3.8, 4) is 0 Å². The van der Waals surface area contributed by atoms with Gasteiger partial charge >= 0.3 is 181 Å². The molecule has 152 valence electrons. The Bertz CT molecular complexity index is 899. The third-order valence-corrected chi connectivity index (χ3v) is 6.39. The molecule has 0 spiro atoms. The van der Waals surface area contributed by atoms with Crippen molar-refractivity contribution in [3.63, 3.8) is 0 Å². The Morgan fingerprint density at radius 2 is 1.69 bits per heavy atom. The van der Waals surface area contributed by atoms with Gasteiger partial charge in [0.15, 0.2) is 0 Å². The molecule has 8 heteroatoms. The molecule has 0 bridgehead atoms. The first-order valence-electron chi connectivity index (χ1n) is 9.24. The van der Waals surface area contributed by atoms with Gasteiger partial charge in [-0.15, -0.1) is 0 Å². The number of aliphatic imine (C=N–C) groups is 1. The number of amides is 1. The van der Waals surface area contributed by atoms with Crippen LogP contribution in [0.15, 0.2) is 71.9 Å². The normalized spacial score (nSPS) is 10.8. The SMILES string of the molecule is NC(N)=NCCC[I-]NC(=O)c1cnc(C(c2ccccc2)c2ccccc2)[nH]1. The van der Waals surface area contributed by atoms with Crippen LogP contribution in [0.25, 0.3) is 0 Å². The fourth-order valence-corrected chi connectivity index (χ4v) is 4.52. The predicted octanol–water partition coefficient (Wildman–Crippen LogP) is -1.01. The molecule has 2 aromatic carbocycles. The van der Waals surface area contributed by atoms with Crippen LogP contribution < -0.4 is 36.5 Å². The van der Waals surface area contributed by atoms with Crippen LogP contribution in [0.3, 0.4) is 0 Å². The number of nitrogens with zero attached hydrogens (tertiary/aromatic N) is 2. The van der Waals surface area contributed by atoms with E-state index in [2.05, 4.69) is 42.8 Å². The van der Waals surface area contributed by atoms with E-state index in [1.165, 1.54) is 0 Å². The van der Waals surface area contributed by atoms with Gasteiger partial charge in [0, 0.05) is 0 Å². The van der Waals surface area contributed by atoms with E-state index in [0.717, 1.165) is 27.8 Å². The molecule has 1 amide bonds. The second kappa shape index (κ2) is 10.6. The van der Waals surface area contributed by atoms with Gasteiger partial charge in [-0.1, -0.05) is 0 Å². The number of guanidine groups is 1. The number of hydrogen-bond acceptors (Lipinski definition) is 3. The maximum atomic E-state index is 12.5. The van der Waals surface area contributed by atoms with Crippen molar-refractivity contribution in [1.82, 2.24) is 13.5 Å². The Labute approximate surface area is 180 Å². The average Bonchev–Trinajstić information content (AvgIpc) is 3.22. The minimum atomic E-state index is -0.467. The summed E-state index contributed by atoms with van der Waals surface area (Å²) in [5.41, 5.74) is 13.3. The zero-order valence-electron chi connectivity index (χ0n) is 15.9. The van der Waals surface area contributed by atoms with Crippen molar-refractivity contribution in [1.29, 1.82) is 0 Å². The van der Waals surface area contributed by atoms with E-state index >= 15 is 0 Å². The van der Waals surface area contributed by atoms with Gasteiger partial charge in [-0.25, -0.2) is 0 Å². The van der Waals surface area contributed by atoms with Gasteiger partial charge in [-0.2, -0.15) is 0 Å². The van der Waals surface area contributed by atoms with Crippen LogP contribution in [0.4, 0.5) is 0 Å². The summed E-state index contributed by atoms with van der Waals surface area (Å²) in [6.07, 6.45) is 2.45. The number of H-pyrrole nitrogens is 1. The molecule has 0 unspecified atom stereocenters. The Balaban J connectivity index is 1.68. The molecule has 0 radical (unpaired) electrons. The molecule has 0 aliphatic heterocycles. The fraction of sp³-hybridized carbons (Fsp3) is 0.190. The van der Waals surface area contributed by atoms with E-state index in [1.54, 1.807) is 6.20 Å². The van der Waals surface area contributed by atoms with Gasteiger partial charge in [0.05, 0.1) is 0 Å². The van der Waals surface area contributed by atoms with Crippen LogP contribution in [0, 0.1) is 0 Å². The van der Waals surface area contributed by atoms with E-state index in [-0.39, 0.29) is 17.8 Å². The number of nitrogens with one attached hydrogen (secondary N) is 2. The summed E-state index contributed by atoms with van der Waals surface area (Å²) < 4.78 is 3.91. The molecule has 3 rings (SSSR count). The van der Waals surface area contributed by atoms with Crippen molar-refractivity contribution in [2.45, 2.75) is 12.3 Å². The molecular weight excluding hydrogens is 479 g/mol. The number of halogens is 1. The summed E-state index contributed by atoms with van der Waals surface area (Å²) in [7, 11) is 0. The zero-order chi connectivity index (χ0) is 20.5. The Kier molecular flexibility index (Phi) is 7.62. The van der Waals surface area contributed by atoms with E-state index in [9.17, 15) is 4.79 Å². The van der Waals surface area contributed by atoms with Crippen LogP contribution in [-0.2, 0) is 0 Å². The van der Waals surface area contributed by atoms with Crippen molar-refractivity contribution in [2.24, 2.45) is 16.5 Å². The van der Waals surface area contributed by atoms with E-state index in [0.29, 0.717) is 12.2 Å². The standard InChI is InChI=1S/C21H24IN6O/c23-21(24)25-13-7-12-22-28-20(29)17-14-26-19(27-17)18(15-8-3-1-4-9-15)16-10-5-2-6-11-16/h1-6,8-11,14,18H,7,12-13H2,(H,26,27)(H,28,29)(H4,23,24,25)/q-1. The number of nitrogens with two attached hydrogens (primary N) is 2. The molecule has 1 heterocycles. The molecule has 0 aliphatic rings. The number of rotatable bonds is 9. The van der Waals surface area contributed by atoms with Crippen LogP contribution in [0.2, 0.25) is 0 Å². The zero-order valence-corrected chi connectivity index (χ0v) is 18.0. The molecule has 0 saturated heterocycles. The van der Waals surface area contributed by atoms with E-state index < -0.39 is 21.5 Å². The van der Waals surface area contributed by atoms with Crippen molar-refractivity contribution >= 4 is 11.9 Å². The third-order valence-electron chi connectivity index (χ3n) is 4.21. The number of aromatic amines is 1. The molecule has 29 heavy (non-hydrogen) atoms. The molecule has 1 aromatic heterocycles. The summed E-state index contributed by atoms with van der Waals surface area (Å²) in [6.45, 7) is 0.585. The first-order chi connectivity index (χ1) is 14.1. The molecule has 6 N–H and O–H groups in total. The number of aromatic nitrogens is 2. The third kappa shape index (κ3) is 6.05. The first kappa shape index (κ1) is 20.8. The summed E-state index contributed by atoms with van der Waals surface area (Å²) >= 11 is -0.467. The molecule has 3 aromatic rings. The fourth-order valence-electron chi connectivity index (χ4n) is 2.89. The molecule has 0 aliphatic carbocycles. The topological polar surface area (TPSA) is 122 Å². The van der Waals surface area contributed by atoms with E-state index in [4.69, 9.17) is 11.5 Å². The van der Waals surface area contributed by atoms with Crippen molar-refractivity contribution < 1.29 is 26.3 Å². The van der Waals surface area contributed by atoms with Crippen molar-refractivity contribution in [2.75, 3.05) is 11.0 Å². The second-order valence-electron chi connectivity index (χ2n) is 6.34. The van der Waals surface area contributed by atoms with Crippen LogP contribution in [0.5, 0.6) is 0 Å². The Morgan fingerprint density at radius 1 is 1.07 bits per heavy atom. The summed E-state index contributed by atoms with van der Waals surface area (Å²) in [6, 6.07) is 20.3. The van der Waals surface area contributed by atoms with E-state index in [1.807, 2.05) is 36.4 Å². The monoisotopic (exact) mass is 503 g/mol. The number of carbonyl (C=O) groups is 1. The summed E-state index contributed by atoms with van der Waals surface area (Å²) in [5.74, 6) is 0.661. The Hall–Kier alpha value is -2.88. The van der Waals surface area contributed by atoms with Crippen molar-refractivity contribution in [3.05, 3.63) is 89.5 Å². The summed E-state index contributed by atoms with van der Waals surface area (Å²) in [5, 5.41) is 0. The minimum absolute atomic E-state index is 0.0618. The predicted molar refractivity (Wildman–Crippen MR) is 110 cm³/mol. The molecule has 7 nitrogen and oxygen atoms in total. The second-order valence-corrected chi connectivity index (χ2v) is 8.72. The van der Waals surface area contributed by atoms with Gasteiger partial charge in [0.1, 0.15) is 0 Å². The average molecular weight is 503 g/mol. The number of carbonyl (C=O) groups excluding carboxylic acids is 1. The molecule has 0 fully saturated rings. The van der Waals surface area contributed by atoms with Gasteiger partial charge in [0.25, 0.3) is 0 Å². The number of alkyl halides is 1.